The zero-order valence-electron chi connectivity index (χ0n) is 16.8. The highest BCUT2D eigenvalue weighted by Crippen LogP contribution is 2.17. The minimum Gasteiger partial charge on any atom is -0.489 e. The van der Waals surface area contributed by atoms with Crippen molar-refractivity contribution >= 4 is 23.2 Å². The number of rotatable bonds is 9. The second-order valence-corrected chi connectivity index (χ2v) is 6.75. The molecule has 3 aromatic rings. The number of hydrogen-bond donors (Lipinski definition) is 2. The molecule has 0 radical (unpaired) electrons. The van der Waals surface area contributed by atoms with Crippen molar-refractivity contribution in [2.45, 2.75) is 13.5 Å². The number of carbonyl (C=O) groups is 2. The van der Waals surface area contributed by atoms with Crippen LogP contribution in [0.4, 0.5) is 11.4 Å². The fourth-order valence-electron chi connectivity index (χ4n) is 2.64. The normalized spacial score (nSPS) is 10.3. The van der Waals surface area contributed by atoms with Crippen molar-refractivity contribution in [3.8, 4) is 5.75 Å². The molecule has 0 aliphatic heterocycles. The monoisotopic (exact) mass is 404 g/mol. The van der Waals surface area contributed by atoms with Crippen molar-refractivity contribution in [3.63, 3.8) is 0 Å². The first-order valence-electron chi connectivity index (χ1n) is 9.59. The summed E-state index contributed by atoms with van der Waals surface area (Å²) in [6.07, 6.45) is 0. The Hall–Kier alpha value is -3.64. The number of aryl methyl sites for hydroxylation is 1. The summed E-state index contributed by atoms with van der Waals surface area (Å²) < 4.78 is 10.9. The van der Waals surface area contributed by atoms with Crippen molar-refractivity contribution in [3.05, 3.63) is 90.0 Å². The molecule has 0 aliphatic carbocycles. The summed E-state index contributed by atoms with van der Waals surface area (Å²) in [4.78, 5) is 23.8. The molecule has 0 bridgehead atoms. The van der Waals surface area contributed by atoms with Crippen LogP contribution < -0.4 is 15.4 Å². The molecule has 0 unspecified atom stereocenters. The third-order valence-electron chi connectivity index (χ3n) is 4.19. The lowest BCUT2D eigenvalue weighted by Crippen LogP contribution is -2.23. The van der Waals surface area contributed by atoms with Crippen LogP contribution >= 0.6 is 0 Å². The molecule has 6 heteroatoms. The maximum Gasteiger partial charge on any atom is 0.250 e. The topological polar surface area (TPSA) is 76.7 Å². The molecular formula is C24H24N2O4. The van der Waals surface area contributed by atoms with Gasteiger partial charge < -0.3 is 20.1 Å². The van der Waals surface area contributed by atoms with Gasteiger partial charge in [-0.1, -0.05) is 48.0 Å². The highest BCUT2D eigenvalue weighted by atomic mass is 16.5. The molecular weight excluding hydrogens is 380 g/mol. The van der Waals surface area contributed by atoms with Gasteiger partial charge in [0.1, 0.15) is 25.6 Å². The number of benzene rings is 3. The lowest BCUT2D eigenvalue weighted by Gasteiger charge is -2.09. The van der Waals surface area contributed by atoms with Crippen LogP contribution in [0.2, 0.25) is 0 Å². The molecule has 30 heavy (non-hydrogen) atoms. The minimum atomic E-state index is -0.337. The summed E-state index contributed by atoms with van der Waals surface area (Å²) in [5.41, 5.74) is 3.50. The number of nitrogens with one attached hydrogen (secondary N) is 2. The molecule has 3 aromatic carbocycles. The van der Waals surface area contributed by atoms with Crippen molar-refractivity contribution < 1.29 is 19.1 Å². The van der Waals surface area contributed by atoms with E-state index < -0.39 is 0 Å². The van der Waals surface area contributed by atoms with Crippen LogP contribution in [-0.2, 0) is 20.9 Å². The van der Waals surface area contributed by atoms with Crippen LogP contribution in [0.5, 0.6) is 5.75 Å². The van der Waals surface area contributed by atoms with Crippen LogP contribution in [0.3, 0.4) is 0 Å². The number of ether oxygens (including phenoxy) is 2. The third-order valence-corrected chi connectivity index (χ3v) is 4.19. The molecule has 6 nitrogen and oxygen atoms in total. The van der Waals surface area contributed by atoms with E-state index in [2.05, 4.69) is 10.6 Å². The van der Waals surface area contributed by atoms with Crippen LogP contribution in [0, 0.1) is 6.92 Å². The Morgan fingerprint density at radius 3 is 1.83 bits per heavy atom. The Bertz CT molecular complexity index is 955. The first kappa shape index (κ1) is 21.1. The molecule has 0 saturated heterocycles. The average Bonchev–Trinajstić information content (AvgIpc) is 2.75. The number of anilines is 2. The Balaban J connectivity index is 1.36. The quantitative estimate of drug-likeness (QED) is 0.561. The Morgan fingerprint density at radius 1 is 0.733 bits per heavy atom. The smallest absolute Gasteiger partial charge is 0.250 e. The van der Waals surface area contributed by atoms with Crippen LogP contribution in [0.15, 0.2) is 78.9 Å². The first-order chi connectivity index (χ1) is 14.6. The number of hydrogen-bond acceptors (Lipinski definition) is 4. The van der Waals surface area contributed by atoms with Gasteiger partial charge in [0.15, 0.2) is 0 Å². The Labute approximate surface area is 175 Å². The Morgan fingerprint density at radius 2 is 1.27 bits per heavy atom. The van der Waals surface area contributed by atoms with Gasteiger partial charge in [-0.05, 0) is 48.9 Å². The lowest BCUT2D eigenvalue weighted by atomic mass is 10.2. The molecule has 0 saturated carbocycles. The van der Waals surface area contributed by atoms with E-state index in [4.69, 9.17) is 9.47 Å². The van der Waals surface area contributed by atoms with Crippen molar-refractivity contribution in [2.24, 2.45) is 0 Å². The average molecular weight is 404 g/mol. The van der Waals surface area contributed by atoms with Gasteiger partial charge >= 0.3 is 0 Å². The summed E-state index contributed by atoms with van der Waals surface area (Å²) in [6, 6.07) is 24.4. The van der Waals surface area contributed by atoms with Crippen molar-refractivity contribution in [2.75, 3.05) is 23.8 Å². The standard InChI is InChI=1S/C24H24N2O4/c1-18-7-9-20(10-8-18)25-23(27)16-29-17-24(28)26-21-11-13-22(14-12-21)30-15-19-5-3-2-4-6-19/h2-14H,15-17H2,1H3,(H,25,27)(H,26,28). The minimum absolute atomic E-state index is 0.201. The summed E-state index contributed by atoms with van der Waals surface area (Å²) in [7, 11) is 0. The van der Waals surface area contributed by atoms with Gasteiger partial charge in [-0.2, -0.15) is 0 Å². The number of carbonyl (C=O) groups excluding carboxylic acids is 2. The number of amides is 2. The maximum atomic E-state index is 12.0. The van der Waals surface area contributed by atoms with Gasteiger partial charge in [0.05, 0.1) is 0 Å². The van der Waals surface area contributed by atoms with Gasteiger partial charge in [0, 0.05) is 11.4 Å². The molecule has 154 valence electrons. The summed E-state index contributed by atoms with van der Waals surface area (Å²) >= 11 is 0. The fraction of sp³-hybridized carbons (Fsp3) is 0.167. The van der Waals surface area contributed by atoms with E-state index in [1.54, 1.807) is 24.3 Å². The van der Waals surface area contributed by atoms with E-state index in [0.717, 1.165) is 11.1 Å². The van der Waals surface area contributed by atoms with Gasteiger partial charge in [-0.15, -0.1) is 0 Å². The van der Waals surface area contributed by atoms with Crippen LogP contribution in [0.25, 0.3) is 0 Å². The summed E-state index contributed by atoms with van der Waals surface area (Å²) in [6.45, 7) is 2.03. The van der Waals surface area contributed by atoms with Gasteiger partial charge in [0.2, 0.25) is 11.8 Å². The van der Waals surface area contributed by atoms with Crippen LogP contribution in [-0.4, -0.2) is 25.0 Å². The highest BCUT2D eigenvalue weighted by molar-refractivity contribution is 5.93. The van der Waals surface area contributed by atoms with Gasteiger partial charge in [-0.3, -0.25) is 9.59 Å². The SMILES string of the molecule is Cc1ccc(NC(=O)COCC(=O)Nc2ccc(OCc3ccccc3)cc2)cc1. The van der Waals surface area contributed by atoms with Gasteiger partial charge in [-0.25, -0.2) is 0 Å². The van der Waals surface area contributed by atoms with E-state index in [1.165, 1.54) is 0 Å². The lowest BCUT2D eigenvalue weighted by molar-refractivity contribution is -0.125. The molecule has 0 spiro atoms. The van der Waals surface area contributed by atoms with E-state index in [-0.39, 0.29) is 25.0 Å². The van der Waals surface area contributed by atoms with E-state index in [1.807, 2.05) is 61.5 Å². The predicted octanol–water partition coefficient (Wildman–Crippen LogP) is 4.17. The molecule has 0 aliphatic rings. The molecule has 2 amide bonds. The first-order valence-corrected chi connectivity index (χ1v) is 9.59. The second kappa shape index (κ2) is 10.8. The van der Waals surface area contributed by atoms with E-state index in [0.29, 0.717) is 23.7 Å². The zero-order valence-corrected chi connectivity index (χ0v) is 16.8. The third kappa shape index (κ3) is 7.07. The summed E-state index contributed by atoms with van der Waals surface area (Å²) in [5, 5.41) is 5.43. The molecule has 0 heterocycles. The van der Waals surface area contributed by atoms with Crippen LogP contribution in [0.1, 0.15) is 11.1 Å². The largest absolute Gasteiger partial charge is 0.489 e. The maximum absolute atomic E-state index is 12.0. The molecule has 0 aromatic heterocycles. The second-order valence-electron chi connectivity index (χ2n) is 6.75. The van der Waals surface area contributed by atoms with Crippen molar-refractivity contribution in [1.29, 1.82) is 0 Å². The van der Waals surface area contributed by atoms with Gasteiger partial charge in [0.25, 0.3) is 0 Å². The molecule has 0 atom stereocenters. The summed E-state index contributed by atoms with van der Waals surface area (Å²) in [5.74, 6) is 0.0588. The highest BCUT2D eigenvalue weighted by Gasteiger charge is 2.07. The molecule has 2 N–H and O–H groups in total. The van der Waals surface area contributed by atoms with E-state index >= 15 is 0 Å². The molecule has 3 rings (SSSR count). The Kier molecular flexibility index (Phi) is 7.58. The van der Waals surface area contributed by atoms with Crippen molar-refractivity contribution in [1.82, 2.24) is 0 Å². The predicted molar refractivity (Wildman–Crippen MR) is 116 cm³/mol. The zero-order chi connectivity index (χ0) is 21.2. The molecule has 0 fully saturated rings. The fourth-order valence-corrected chi connectivity index (χ4v) is 2.64. The van der Waals surface area contributed by atoms with E-state index in [9.17, 15) is 9.59 Å².